The summed E-state index contributed by atoms with van der Waals surface area (Å²) >= 11 is 0. The molecule has 1 saturated carbocycles. The van der Waals surface area contributed by atoms with E-state index in [1.165, 1.54) is 0 Å². The van der Waals surface area contributed by atoms with Gasteiger partial charge in [-0.1, -0.05) is 20.1 Å². The number of aliphatic hydroxyl groups is 2. The maximum Gasteiger partial charge on any atom is 0.407 e. The highest BCUT2D eigenvalue weighted by molar-refractivity contribution is 5.79. The van der Waals surface area contributed by atoms with E-state index >= 15 is 0 Å². The highest BCUT2D eigenvalue weighted by atomic mass is 16.7. The second-order valence-corrected chi connectivity index (χ2v) is 24.6. The van der Waals surface area contributed by atoms with Crippen LogP contribution in [0.25, 0.3) is 0 Å². The molecule has 73 heavy (non-hydrogen) atoms. The van der Waals surface area contributed by atoms with E-state index in [2.05, 4.69) is 30.3 Å². The van der Waals surface area contributed by atoms with Gasteiger partial charge in [0.25, 0.3) is 0 Å². The van der Waals surface area contributed by atoms with E-state index in [4.69, 9.17) is 52.1 Å². The summed E-state index contributed by atoms with van der Waals surface area (Å²) in [7, 11) is 1.69. The monoisotopic (exact) mass is 1030 g/mol. The summed E-state index contributed by atoms with van der Waals surface area (Å²) in [6, 6.07) is 0. The third-order valence-electron chi connectivity index (χ3n) is 18.0. The Morgan fingerprint density at radius 3 is 2.45 bits per heavy atom. The van der Waals surface area contributed by atoms with Gasteiger partial charge < -0.3 is 72.5 Å². The number of hydrogen-bond acceptors (Lipinski definition) is 16. The van der Waals surface area contributed by atoms with Crippen molar-refractivity contribution in [3.63, 3.8) is 0 Å². The van der Waals surface area contributed by atoms with Crippen LogP contribution in [-0.2, 0) is 56.9 Å². The van der Waals surface area contributed by atoms with Crippen LogP contribution in [0.1, 0.15) is 130 Å². The number of alkyl carbamates (subject to hydrolysis) is 1. The van der Waals surface area contributed by atoms with Crippen molar-refractivity contribution in [3.8, 4) is 0 Å². The molecule has 11 rings (SSSR count). The van der Waals surface area contributed by atoms with Crippen LogP contribution in [0.3, 0.4) is 0 Å². The van der Waals surface area contributed by atoms with Crippen molar-refractivity contribution < 1.29 is 71.9 Å². The fraction of sp³-hybridized carbons (Fsp3) is 0.893. The van der Waals surface area contributed by atoms with Crippen molar-refractivity contribution in [2.75, 3.05) is 53.1 Å². The molecule has 0 spiro atoms. The van der Waals surface area contributed by atoms with Crippen LogP contribution in [0, 0.1) is 23.7 Å². The van der Waals surface area contributed by atoms with Gasteiger partial charge in [-0.2, -0.15) is 0 Å². The van der Waals surface area contributed by atoms with Crippen LogP contribution >= 0.6 is 0 Å². The van der Waals surface area contributed by atoms with Gasteiger partial charge in [-0.05, 0) is 115 Å². The average molecular weight is 1030 g/mol. The SMILES string of the molecule is C=C1C[C@@H]2CC[C@@]3(O)C[C@H]4C5O[C@H]6[C@@H](O3)[C@H]3O[C@H](CC[C@@H]3O[C@H]6[C@@H]54)CC(=O)C[C@@H]3[C@@H](OC)[C@@H](C[C@H](O)CN4CCCC(OCCOCCNC(=O)OC(C)(C)C)CC4)O[C@H]3C[C@H]3O[C@@H](CC[C@@H]1O2)C[C@@H](C)C3=C. The Morgan fingerprint density at radius 2 is 1.63 bits per heavy atom. The van der Waals surface area contributed by atoms with Gasteiger partial charge in [0.05, 0.1) is 99.2 Å². The number of fused-ring (bicyclic) bond motifs is 6. The first-order valence-electron chi connectivity index (χ1n) is 28.3. The van der Waals surface area contributed by atoms with Crippen LogP contribution < -0.4 is 5.32 Å². The zero-order valence-electron chi connectivity index (χ0n) is 44.4. The molecule has 0 radical (unpaired) electrons. The molecular formula is C56H88N2O15. The van der Waals surface area contributed by atoms with Gasteiger partial charge in [0.1, 0.15) is 29.7 Å². The molecule has 11 fully saturated rings. The van der Waals surface area contributed by atoms with Crippen LogP contribution in [0.5, 0.6) is 0 Å². The normalized spacial score (nSPS) is 44.6. The van der Waals surface area contributed by atoms with Gasteiger partial charge in [0.2, 0.25) is 0 Å². The lowest BCUT2D eigenvalue weighted by Crippen LogP contribution is -2.64. The third-order valence-corrected chi connectivity index (χ3v) is 18.0. The summed E-state index contributed by atoms with van der Waals surface area (Å²) in [5.74, 6) is -0.861. The van der Waals surface area contributed by atoms with E-state index in [0.29, 0.717) is 71.4 Å². The lowest BCUT2D eigenvalue weighted by atomic mass is 9.81. The molecule has 0 aromatic carbocycles. The predicted octanol–water partition coefficient (Wildman–Crippen LogP) is 5.73. The van der Waals surface area contributed by atoms with Gasteiger partial charge in [-0.15, -0.1) is 0 Å². The lowest BCUT2D eigenvalue weighted by Gasteiger charge is -2.52. The summed E-state index contributed by atoms with van der Waals surface area (Å²) in [6.45, 7) is 20.5. The molecule has 17 heteroatoms. The molecular weight excluding hydrogens is 941 g/mol. The second kappa shape index (κ2) is 23.1. The fourth-order valence-electron chi connectivity index (χ4n) is 14.3. The van der Waals surface area contributed by atoms with Crippen molar-refractivity contribution in [3.05, 3.63) is 24.3 Å². The number of nitrogens with zero attached hydrogens (tertiary/aromatic N) is 1. The van der Waals surface area contributed by atoms with E-state index in [0.717, 1.165) is 75.6 Å². The average Bonchev–Trinajstić information content (AvgIpc) is 3.52. The molecule has 3 N–H and O–H groups in total. The van der Waals surface area contributed by atoms with Crippen LogP contribution in [0.4, 0.5) is 4.79 Å². The number of likely N-dealkylation sites (tertiary alicyclic amines) is 1. The van der Waals surface area contributed by atoms with E-state index in [9.17, 15) is 19.8 Å². The molecule has 11 aliphatic rings. The molecule has 1 aliphatic carbocycles. The summed E-state index contributed by atoms with van der Waals surface area (Å²) in [5.41, 5.74) is 1.59. The Morgan fingerprint density at radius 1 is 0.822 bits per heavy atom. The maximum atomic E-state index is 14.5. The largest absolute Gasteiger partial charge is 0.444 e. The van der Waals surface area contributed by atoms with Crippen molar-refractivity contribution in [2.24, 2.45) is 23.7 Å². The van der Waals surface area contributed by atoms with Gasteiger partial charge >= 0.3 is 6.09 Å². The Kier molecular flexibility index (Phi) is 17.2. The van der Waals surface area contributed by atoms with Gasteiger partial charge in [0, 0.05) is 77.1 Å². The molecule has 17 nitrogen and oxygen atoms in total. The van der Waals surface area contributed by atoms with E-state index in [1.54, 1.807) is 7.11 Å². The maximum absolute atomic E-state index is 14.5. The van der Waals surface area contributed by atoms with Gasteiger partial charge in [0.15, 0.2) is 5.79 Å². The highest BCUT2D eigenvalue weighted by Gasteiger charge is 2.72. The number of aliphatic hydroxyl groups excluding tert-OH is 1. The first-order valence-corrected chi connectivity index (χ1v) is 28.3. The third kappa shape index (κ3) is 12.9. The van der Waals surface area contributed by atoms with Gasteiger partial charge in [-0.3, -0.25) is 4.79 Å². The van der Waals surface area contributed by atoms with Crippen molar-refractivity contribution in [1.82, 2.24) is 10.2 Å². The molecule has 1 amide bonds. The number of hydrogen-bond donors (Lipinski definition) is 3. The number of methoxy groups -OCH3 is 1. The number of nitrogens with one attached hydrogen (secondary N) is 1. The number of Topliss-reactive ketones (excluding diaryl/α,β-unsaturated/α-hetero) is 1. The molecule has 10 aliphatic heterocycles. The van der Waals surface area contributed by atoms with Crippen LogP contribution in [0.15, 0.2) is 24.3 Å². The zero-order chi connectivity index (χ0) is 51.2. The lowest BCUT2D eigenvalue weighted by molar-refractivity contribution is -0.343. The van der Waals surface area contributed by atoms with E-state index in [-0.39, 0.29) is 109 Å². The minimum atomic E-state index is -1.35. The molecule has 13 bridgehead atoms. The van der Waals surface area contributed by atoms with Gasteiger partial charge in [-0.25, -0.2) is 4.79 Å². The number of rotatable bonds is 12. The molecule has 10 saturated heterocycles. The summed E-state index contributed by atoms with van der Waals surface area (Å²) in [6.07, 6.45) is 5.78. The highest BCUT2D eigenvalue weighted by Crippen LogP contribution is 2.62. The van der Waals surface area contributed by atoms with Crippen molar-refractivity contribution >= 4 is 11.9 Å². The minimum Gasteiger partial charge on any atom is -0.444 e. The van der Waals surface area contributed by atoms with Crippen LogP contribution in [-0.4, -0.2) is 189 Å². The Labute approximate surface area is 433 Å². The Hall–Kier alpha value is -2.10. The summed E-state index contributed by atoms with van der Waals surface area (Å²) < 4.78 is 71.1. The van der Waals surface area contributed by atoms with E-state index < -0.39 is 48.0 Å². The van der Waals surface area contributed by atoms with E-state index in [1.807, 2.05) is 20.8 Å². The summed E-state index contributed by atoms with van der Waals surface area (Å²) in [5, 5.41) is 26.8. The number of β-amino-alcohol motifs (C(OH)–C–C–N with tert-alkyl or cyclic N) is 1. The topological polar surface area (TPSA) is 191 Å². The zero-order valence-corrected chi connectivity index (χ0v) is 44.4. The smallest absolute Gasteiger partial charge is 0.407 e. The number of carbonyl (C=O) groups is 2. The van der Waals surface area contributed by atoms with Crippen molar-refractivity contribution in [2.45, 2.75) is 239 Å². The molecule has 21 atom stereocenters. The molecule has 412 valence electrons. The Balaban J connectivity index is 0.782. The number of ether oxygens (including phenoxy) is 11. The first kappa shape index (κ1) is 54.3. The molecule has 10 heterocycles. The van der Waals surface area contributed by atoms with Crippen molar-refractivity contribution in [1.29, 1.82) is 0 Å². The molecule has 0 aromatic heterocycles. The number of amides is 1. The number of ketones is 1. The predicted molar refractivity (Wildman–Crippen MR) is 267 cm³/mol. The van der Waals surface area contributed by atoms with Crippen LogP contribution in [0.2, 0.25) is 0 Å². The number of carbonyl (C=O) groups excluding carboxylic acids is 2. The molecule has 2 unspecified atom stereocenters. The first-order chi connectivity index (χ1) is 35.0. The fourth-order valence-corrected chi connectivity index (χ4v) is 14.3. The quantitative estimate of drug-likeness (QED) is 0.159. The molecule has 0 aromatic rings. The summed E-state index contributed by atoms with van der Waals surface area (Å²) in [4.78, 5) is 28.7. The standard InChI is InChI=1S/C56H88N2O15/c1-31-23-37-10-12-42-32(2)24-39(66-42)14-16-56(62)29-41-47-49(41)71-52-51(47)70-43-13-11-38(68-50(43)53(52)72-56)25-34(59)26-40-45(28-44(67-37)33(31)3)69-46(48(40)63-7)27-35(60)30-58-18-8-9-36(15-19-58)65-22-21-64-20-17-57-54(61)73-55(4,5)6/h31,35-53,60,62H,2-3,8-30H2,1,4-7H3,(H,57,61)/t31-,35+,36?,37+,38-,39+,40+,41-,42+,43+,44-,45+,46-,47-,48-,49?,50+,51+,52-,53+,56+/m1/s1. The Bertz CT molecular complexity index is 1930. The second-order valence-electron chi connectivity index (χ2n) is 24.6. The minimum absolute atomic E-state index is 0.00409.